The molecule has 28 heavy (non-hydrogen) atoms. The first kappa shape index (κ1) is 19.0. The van der Waals surface area contributed by atoms with Gasteiger partial charge in [0.25, 0.3) is 5.91 Å². The molecule has 0 aliphatic rings. The Hall–Kier alpha value is -3.81. The van der Waals surface area contributed by atoms with Crippen LogP contribution in [0, 0.1) is 0 Å². The van der Waals surface area contributed by atoms with E-state index in [0.717, 1.165) is 5.39 Å². The van der Waals surface area contributed by atoms with Crippen LogP contribution in [-0.2, 0) is 16.1 Å². The fourth-order valence-electron chi connectivity index (χ4n) is 2.62. The zero-order valence-electron chi connectivity index (χ0n) is 15.1. The molecule has 0 radical (unpaired) electrons. The standard InChI is InChI=1S/C20H18N2O6/c1-26-17-9-8-16(14-6-2-3-7-15(14)17)19(24)28-12-18(23)22-20(25)21-11-13-5-4-10-27-13/h2-10H,11-12H2,1H3,(H2,21,22,23,25). The van der Waals surface area contributed by atoms with Gasteiger partial charge in [-0.1, -0.05) is 24.3 Å². The average Bonchev–Trinajstić information content (AvgIpc) is 3.23. The number of benzene rings is 2. The summed E-state index contributed by atoms with van der Waals surface area (Å²) < 4.78 is 15.4. The number of fused-ring (bicyclic) bond motifs is 1. The third kappa shape index (κ3) is 4.47. The number of nitrogens with one attached hydrogen (secondary N) is 2. The molecule has 0 spiro atoms. The summed E-state index contributed by atoms with van der Waals surface area (Å²) in [5.74, 6) is -0.258. The van der Waals surface area contributed by atoms with E-state index in [4.69, 9.17) is 13.9 Å². The normalized spacial score (nSPS) is 10.3. The van der Waals surface area contributed by atoms with Crippen molar-refractivity contribution in [3.8, 4) is 5.75 Å². The quantitative estimate of drug-likeness (QED) is 0.635. The minimum absolute atomic E-state index is 0.129. The largest absolute Gasteiger partial charge is 0.496 e. The molecular weight excluding hydrogens is 364 g/mol. The van der Waals surface area contributed by atoms with Gasteiger partial charge in [0, 0.05) is 5.39 Å². The second-order valence-corrected chi connectivity index (χ2v) is 5.75. The van der Waals surface area contributed by atoms with E-state index in [9.17, 15) is 14.4 Å². The van der Waals surface area contributed by atoms with Gasteiger partial charge in [0.05, 0.1) is 25.5 Å². The first-order valence-corrected chi connectivity index (χ1v) is 8.41. The molecular formula is C20H18N2O6. The number of amides is 3. The van der Waals surface area contributed by atoms with E-state index >= 15 is 0 Å². The lowest BCUT2D eigenvalue weighted by Crippen LogP contribution is -2.41. The zero-order valence-corrected chi connectivity index (χ0v) is 15.1. The number of carbonyl (C=O) groups excluding carboxylic acids is 3. The molecule has 0 unspecified atom stereocenters. The van der Waals surface area contributed by atoms with E-state index in [1.54, 1.807) is 43.5 Å². The average molecular weight is 382 g/mol. The second-order valence-electron chi connectivity index (χ2n) is 5.75. The van der Waals surface area contributed by atoms with Crippen molar-refractivity contribution >= 4 is 28.7 Å². The molecule has 0 aliphatic heterocycles. The molecule has 3 rings (SSSR count). The van der Waals surface area contributed by atoms with Crippen LogP contribution in [0.4, 0.5) is 4.79 Å². The Balaban J connectivity index is 1.56. The van der Waals surface area contributed by atoms with E-state index in [1.165, 1.54) is 6.26 Å². The maximum Gasteiger partial charge on any atom is 0.339 e. The third-order valence-electron chi connectivity index (χ3n) is 3.91. The van der Waals surface area contributed by atoms with Crippen LogP contribution < -0.4 is 15.4 Å². The Kier molecular flexibility index (Phi) is 5.91. The molecule has 0 saturated heterocycles. The lowest BCUT2D eigenvalue weighted by Gasteiger charge is -2.10. The van der Waals surface area contributed by atoms with Crippen molar-refractivity contribution in [1.82, 2.24) is 10.6 Å². The van der Waals surface area contributed by atoms with Crippen LogP contribution >= 0.6 is 0 Å². The molecule has 0 bridgehead atoms. The Bertz CT molecular complexity index is 997. The summed E-state index contributed by atoms with van der Waals surface area (Å²) in [5.41, 5.74) is 0.298. The number of hydrogen-bond acceptors (Lipinski definition) is 6. The van der Waals surface area contributed by atoms with Gasteiger partial charge in [-0.2, -0.15) is 0 Å². The van der Waals surface area contributed by atoms with Crippen LogP contribution in [0.1, 0.15) is 16.1 Å². The molecule has 0 aliphatic carbocycles. The highest BCUT2D eigenvalue weighted by Crippen LogP contribution is 2.28. The number of hydrogen-bond donors (Lipinski definition) is 2. The van der Waals surface area contributed by atoms with Crippen molar-refractivity contribution in [1.29, 1.82) is 0 Å². The van der Waals surface area contributed by atoms with Crippen LogP contribution in [0.3, 0.4) is 0 Å². The number of esters is 1. The third-order valence-corrected chi connectivity index (χ3v) is 3.91. The molecule has 2 aromatic carbocycles. The summed E-state index contributed by atoms with van der Waals surface area (Å²) in [6.07, 6.45) is 1.47. The molecule has 8 heteroatoms. The Labute approximate surface area is 160 Å². The van der Waals surface area contributed by atoms with Gasteiger partial charge in [0.2, 0.25) is 0 Å². The number of methoxy groups -OCH3 is 1. The number of rotatable bonds is 6. The van der Waals surface area contributed by atoms with Crippen molar-refractivity contribution in [2.45, 2.75) is 6.54 Å². The first-order chi connectivity index (χ1) is 13.6. The summed E-state index contributed by atoms with van der Waals surface area (Å²) in [6.45, 7) is -0.461. The monoisotopic (exact) mass is 382 g/mol. The molecule has 3 amide bonds. The highest BCUT2D eigenvalue weighted by molar-refractivity contribution is 6.07. The maximum atomic E-state index is 12.4. The predicted molar refractivity (Wildman–Crippen MR) is 99.9 cm³/mol. The van der Waals surface area contributed by atoms with Gasteiger partial charge in [0.1, 0.15) is 11.5 Å². The van der Waals surface area contributed by atoms with Gasteiger partial charge in [-0.25, -0.2) is 9.59 Å². The minimum atomic E-state index is -0.747. The molecule has 2 N–H and O–H groups in total. The second kappa shape index (κ2) is 8.72. The van der Waals surface area contributed by atoms with Crippen molar-refractivity contribution in [2.75, 3.05) is 13.7 Å². The molecule has 1 heterocycles. The van der Waals surface area contributed by atoms with Gasteiger partial charge in [0.15, 0.2) is 6.61 Å². The van der Waals surface area contributed by atoms with Crippen LogP contribution in [0.25, 0.3) is 10.8 Å². The first-order valence-electron chi connectivity index (χ1n) is 8.41. The Morgan fingerprint density at radius 1 is 1.00 bits per heavy atom. The lowest BCUT2D eigenvalue weighted by molar-refractivity contribution is -0.123. The van der Waals surface area contributed by atoms with E-state index in [-0.39, 0.29) is 6.54 Å². The summed E-state index contributed by atoms with van der Waals surface area (Å²) in [5, 5.41) is 5.92. The number of urea groups is 1. The highest BCUT2D eigenvalue weighted by Gasteiger charge is 2.16. The van der Waals surface area contributed by atoms with Crippen molar-refractivity contribution in [3.63, 3.8) is 0 Å². The molecule has 0 atom stereocenters. The van der Waals surface area contributed by atoms with Gasteiger partial charge in [-0.3, -0.25) is 10.1 Å². The SMILES string of the molecule is COc1ccc(C(=O)OCC(=O)NC(=O)NCc2ccco2)c2ccccc12. The maximum absolute atomic E-state index is 12.4. The topological polar surface area (TPSA) is 107 Å². The van der Waals surface area contributed by atoms with Gasteiger partial charge in [-0.05, 0) is 29.7 Å². The van der Waals surface area contributed by atoms with E-state index in [0.29, 0.717) is 22.5 Å². The lowest BCUT2D eigenvalue weighted by atomic mass is 10.0. The van der Waals surface area contributed by atoms with Gasteiger partial charge < -0.3 is 19.2 Å². The molecule has 0 fully saturated rings. The van der Waals surface area contributed by atoms with Gasteiger partial charge >= 0.3 is 12.0 Å². The van der Waals surface area contributed by atoms with Crippen molar-refractivity contribution in [3.05, 3.63) is 66.1 Å². The molecule has 8 nitrogen and oxygen atoms in total. The summed E-state index contributed by atoms with van der Waals surface area (Å²) in [7, 11) is 1.54. The minimum Gasteiger partial charge on any atom is -0.496 e. The van der Waals surface area contributed by atoms with Crippen molar-refractivity contribution < 1.29 is 28.3 Å². The number of ether oxygens (including phenoxy) is 2. The Morgan fingerprint density at radius 2 is 1.79 bits per heavy atom. The summed E-state index contributed by atoms with van der Waals surface area (Å²) >= 11 is 0. The fourth-order valence-corrected chi connectivity index (χ4v) is 2.62. The number of furan rings is 1. The fraction of sp³-hybridized carbons (Fsp3) is 0.150. The van der Waals surface area contributed by atoms with E-state index in [1.807, 2.05) is 12.1 Å². The molecule has 1 aromatic heterocycles. The zero-order chi connectivity index (χ0) is 19.9. The molecule has 3 aromatic rings. The Morgan fingerprint density at radius 3 is 2.50 bits per heavy atom. The smallest absolute Gasteiger partial charge is 0.339 e. The predicted octanol–water partition coefficient (Wildman–Crippen LogP) is 2.62. The van der Waals surface area contributed by atoms with Crippen molar-refractivity contribution in [2.24, 2.45) is 0 Å². The van der Waals surface area contributed by atoms with Crippen LogP contribution in [-0.4, -0.2) is 31.6 Å². The number of imide groups is 1. The highest BCUT2D eigenvalue weighted by atomic mass is 16.5. The van der Waals surface area contributed by atoms with E-state index < -0.39 is 24.5 Å². The molecule has 0 saturated carbocycles. The van der Waals surface area contributed by atoms with E-state index in [2.05, 4.69) is 10.6 Å². The van der Waals surface area contributed by atoms with Gasteiger partial charge in [-0.15, -0.1) is 0 Å². The summed E-state index contributed by atoms with van der Waals surface area (Å²) in [6, 6.07) is 13.1. The van der Waals surface area contributed by atoms with Crippen LogP contribution in [0.2, 0.25) is 0 Å². The van der Waals surface area contributed by atoms with Crippen LogP contribution in [0.5, 0.6) is 5.75 Å². The van der Waals surface area contributed by atoms with Crippen LogP contribution in [0.15, 0.2) is 59.2 Å². The summed E-state index contributed by atoms with van der Waals surface area (Å²) in [4.78, 5) is 35.9. The number of carbonyl (C=O) groups is 3. The molecule has 144 valence electrons.